The summed E-state index contributed by atoms with van der Waals surface area (Å²) in [4.78, 5) is 17.1. The fourth-order valence-electron chi connectivity index (χ4n) is 1.88. The molecule has 1 fully saturated rings. The molecule has 16 heavy (non-hydrogen) atoms. The number of nitrogens with zero attached hydrogens (tertiary/aromatic N) is 2. The molecule has 1 unspecified atom stereocenters. The minimum atomic E-state index is -3.60. The quantitative estimate of drug-likeness (QED) is 0.766. The normalized spacial score (nSPS) is 23.1. The maximum atomic E-state index is 12.1. The first-order valence-electron chi connectivity index (χ1n) is 5.12. The van der Waals surface area contributed by atoms with E-state index >= 15 is 0 Å². The average Bonchev–Trinajstić information content (AvgIpc) is 2.83. The Hall–Kier alpha value is -1.21. The number of aldehydes is 1. The number of nitrogens with one attached hydrogen (secondary N) is 1. The highest BCUT2D eigenvalue weighted by Gasteiger charge is 2.33. The van der Waals surface area contributed by atoms with Crippen LogP contribution < -0.4 is 0 Å². The number of sulfonamides is 1. The SMILES string of the molecule is O=CC1CCCCN1S(=O)(=O)c1cnc[nH]1. The van der Waals surface area contributed by atoms with Gasteiger partial charge in [-0.3, -0.25) is 0 Å². The number of imidazole rings is 1. The highest BCUT2D eigenvalue weighted by molar-refractivity contribution is 7.89. The number of carbonyl (C=O) groups is 1. The van der Waals surface area contributed by atoms with Crippen LogP contribution in [-0.2, 0) is 14.8 Å². The van der Waals surface area contributed by atoms with Crippen LogP contribution in [0.2, 0.25) is 0 Å². The third-order valence-corrected chi connectivity index (χ3v) is 4.57. The van der Waals surface area contributed by atoms with Gasteiger partial charge in [0.2, 0.25) is 0 Å². The van der Waals surface area contributed by atoms with Crippen LogP contribution in [0.3, 0.4) is 0 Å². The Kier molecular flexibility index (Phi) is 3.06. The van der Waals surface area contributed by atoms with Crippen molar-refractivity contribution >= 4 is 16.3 Å². The molecule has 0 spiro atoms. The summed E-state index contributed by atoms with van der Waals surface area (Å²) in [6, 6.07) is -0.540. The molecule has 88 valence electrons. The Balaban J connectivity index is 2.32. The van der Waals surface area contributed by atoms with Gasteiger partial charge in [0, 0.05) is 6.54 Å². The molecule has 0 saturated carbocycles. The van der Waals surface area contributed by atoms with Gasteiger partial charge >= 0.3 is 0 Å². The number of aromatic nitrogens is 2. The minimum absolute atomic E-state index is 0.0428. The second kappa shape index (κ2) is 4.34. The molecule has 1 atom stereocenters. The molecule has 0 aromatic carbocycles. The maximum Gasteiger partial charge on any atom is 0.260 e. The van der Waals surface area contributed by atoms with Gasteiger partial charge in [-0.15, -0.1) is 0 Å². The molecule has 0 bridgehead atoms. The molecule has 0 radical (unpaired) electrons. The second-order valence-electron chi connectivity index (χ2n) is 3.73. The van der Waals surface area contributed by atoms with E-state index < -0.39 is 16.1 Å². The Morgan fingerprint density at radius 2 is 2.31 bits per heavy atom. The molecule has 1 aromatic heterocycles. The molecule has 0 amide bonds. The highest BCUT2D eigenvalue weighted by atomic mass is 32.2. The molecular weight excluding hydrogens is 230 g/mol. The summed E-state index contributed by atoms with van der Waals surface area (Å²) in [6.07, 6.45) is 5.54. The maximum absolute atomic E-state index is 12.1. The van der Waals surface area contributed by atoms with Gasteiger partial charge < -0.3 is 9.78 Å². The van der Waals surface area contributed by atoms with Crippen molar-refractivity contribution in [1.29, 1.82) is 0 Å². The van der Waals surface area contributed by atoms with Crippen molar-refractivity contribution in [3.8, 4) is 0 Å². The number of carbonyl (C=O) groups excluding carboxylic acids is 1. The summed E-state index contributed by atoms with van der Waals surface area (Å²) in [5.41, 5.74) is 0. The van der Waals surface area contributed by atoms with Gasteiger partial charge in [-0.2, -0.15) is 4.31 Å². The summed E-state index contributed by atoms with van der Waals surface area (Å²) < 4.78 is 25.5. The molecular formula is C9H13N3O3S. The van der Waals surface area contributed by atoms with Crippen LogP contribution in [-0.4, -0.2) is 41.6 Å². The van der Waals surface area contributed by atoms with Gasteiger partial charge in [0.1, 0.15) is 6.29 Å². The summed E-state index contributed by atoms with van der Waals surface area (Å²) in [5, 5.41) is 0.0428. The third-order valence-electron chi connectivity index (χ3n) is 2.72. The van der Waals surface area contributed by atoms with E-state index in [4.69, 9.17) is 0 Å². The molecule has 1 N–H and O–H groups in total. The average molecular weight is 243 g/mol. The van der Waals surface area contributed by atoms with E-state index in [-0.39, 0.29) is 5.03 Å². The Labute approximate surface area is 93.7 Å². The Bertz CT molecular complexity index is 454. The van der Waals surface area contributed by atoms with Gasteiger partial charge in [0.15, 0.2) is 5.03 Å². The lowest BCUT2D eigenvalue weighted by molar-refractivity contribution is -0.111. The summed E-state index contributed by atoms with van der Waals surface area (Å²) >= 11 is 0. The van der Waals surface area contributed by atoms with Gasteiger partial charge in [-0.25, -0.2) is 13.4 Å². The zero-order chi connectivity index (χ0) is 11.6. The van der Waals surface area contributed by atoms with Crippen LogP contribution in [0.4, 0.5) is 0 Å². The number of H-pyrrole nitrogens is 1. The van der Waals surface area contributed by atoms with Crippen LogP contribution >= 0.6 is 0 Å². The molecule has 7 heteroatoms. The van der Waals surface area contributed by atoms with Crippen molar-refractivity contribution < 1.29 is 13.2 Å². The second-order valence-corrected chi connectivity index (χ2v) is 5.59. The van der Waals surface area contributed by atoms with Gasteiger partial charge in [-0.1, -0.05) is 6.42 Å². The minimum Gasteiger partial charge on any atom is -0.335 e. The van der Waals surface area contributed by atoms with Gasteiger partial charge in [-0.05, 0) is 12.8 Å². The predicted molar refractivity (Wildman–Crippen MR) is 56.2 cm³/mol. The van der Waals surface area contributed by atoms with Crippen LogP contribution in [0.15, 0.2) is 17.6 Å². The first-order valence-corrected chi connectivity index (χ1v) is 6.56. The van der Waals surface area contributed by atoms with Gasteiger partial charge in [0.25, 0.3) is 10.0 Å². The monoisotopic (exact) mass is 243 g/mol. The van der Waals surface area contributed by atoms with Crippen LogP contribution in [0.1, 0.15) is 19.3 Å². The number of hydrogen-bond acceptors (Lipinski definition) is 4. The zero-order valence-electron chi connectivity index (χ0n) is 8.67. The van der Waals surface area contributed by atoms with Crippen molar-refractivity contribution in [2.75, 3.05) is 6.54 Å². The standard InChI is InChI=1S/C9H13N3O3S/c13-6-8-3-1-2-4-12(8)16(14,15)9-5-10-7-11-9/h5-8H,1-4H2,(H,10,11). The Morgan fingerprint density at radius 3 is 2.94 bits per heavy atom. The van der Waals surface area contributed by atoms with E-state index in [1.807, 2.05) is 0 Å². The van der Waals surface area contributed by atoms with E-state index in [9.17, 15) is 13.2 Å². The lowest BCUT2D eigenvalue weighted by atomic mass is 10.1. The lowest BCUT2D eigenvalue weighted by Crippen LogP contribution is -2.44. The molecule has 1 aliphatic heterocycles. The molecule has 1 saturated heterocycles. The topological polar surface area (TPSA) is 83.1 Å². The lowest BCUT2D eigenvalue weighted by Gasteiger charge is -2.30. The largest absolute Gasteiger partial charge is 0.335 e. The number of piperidine rings is 1. The fraction of sp³-hybridized carbons (Fsp3) is 0.556. The van der Waals surface area contributed by atoms with Crippen molar-refractivity contribution in [1.82, 2.24) is 14.3 Å². The number of aromatic amines is 1. The highest BCUT2D eigenvalue weighted by Crippen LogP contribution is 2.22. The smallest absolute Gasteiger partial charge is 0.260 e. The van der Waals surface area contributed by atoms with E-state index in [0.717, 1.165) is 12.8 Å². The van der Waals surface area contributed by atoms with Crippen molar-refractivity contribution in [2.45, 2.75) is 30.3 Å². The molecule has 1 aliphatic rings. The van der Waals surface area contributed by atoms with E-state index in [1.165, 1.54) is 16.8 Å². The fourth-order valence-corrected chi connectivity index (χ4v) is 3.41. The van der Waals surface area contributed by atoms with Crippen LogP contribution in [0.5, 0.6) is 0 Å². The molecule has 1 aromatic rings. The first-order chi connectivity index (χ1) is 7.66. The molecule has 2 rings (SSSR count). The zero-order valence-corrected chi connectivity index (χ0v) is 9.48. The third kappa shape index (κ3) is 1.88. The number of rotatable bonds is 3. The molecule has 0 aliphatic carbocycles. The van der Waals surface area contributed by atoms with E-state index in [1.54, 1.807) is 0 Å². The van der Waals surface area contributed by atoms with Crippen molar-refractivity contribution in [3.63, 3.8) is 0 Å². The van der Waals surface area contributed by atoms with Gasteiger partial charge in [0.05, 0.1) is 18.6 Å². The summed E-state index contributed by atoms with van der Waals surface area (Å²) in [5.74, 6) is 0. The predicted octanol–water partition coefficient (Wildman–Crippen LogP) is 0.152. The molecule has 6 nitrogen and oxygen atoms in total. The van der Waals surface area contributed by atoms with Crippen LogP contribution in [0.25, 0.3) is 0 Å². The Morgan fingerprint density at radius 1 is 1.50 bits per heavy atom. The summed E-state index contributed by atoms with van der Waals surface area (Å²) in [7, 11) is -3.60. The van der Waals surface area contributed by atoms with Crippen LogP contribution in [0, 0.1) is 0 Å². The number of hydrogen-bond donors (Lipinski definition) is 1. The van der Waals surface area contributed by atoms with E-state index in [0.29, 0.717) is 19.3 Å². The summed E-state index contributed by atoms with van der Waals surface area (Å²) in [6.45, 7) is 0.394. The van der Waals surface area contributed by atoms with E-state index in [2.05, 4.69) is 9.97 Å². The molecule has 2 heterocycles. The van der Waals surface area contributed by atoms with Crippen molar-refractivity contribution in [3.05, 3.63) is 12.5 Å². The van der Waals surface area contributed by atoms with Crippen molar-refractivity contribution in [2.24, 2.45) is 0 Å². The first kappa shape index (κ1) is 11.3.